The van der Waals surface area contributed by atoms with Crippen LogP contribution in [0, 0.1) is 0 Å². The Morgan fingerprint density at radius 2 is 1.02 bits per heavy atom. The first-order chi connectivity index (χ1) is 21.7. The molecule has 0 radical (unpaired) electrons. The van der Waals surface area contributed by atoms with Gasteiger partial charge in [0, 0.05) is 0 Å². The minimum Gasteiger partial charge on any atom is -0.374 e. The summed E-state index contributed by atoms with van der Waals surface area (Å²) in [4.78, 5) is 0. The molecule has 6 rings (SSSR count). The molecule has 2 fully saturated rings. The van der Waals surface area contributed by atoms with Crippen molar-refractivity contribution in [1.29, 1.82) is 0 Å². The number of hydrogen-bond acceptors (Lipinski definition) is 7. The predicted octanol–water partition coefficient (Wildman–Crippen LogP) is 6.45. The highest BCUT2D eigenvalue weighted by Crippen LogP contribution is 2.42. The minimum absolute atomic E-state index is 0.194. The van der Waals surface area contributed by atoms with Crippen molar-refractivity contribution in [1.82, 2.24) is 0 Å². The van der Waals surface area contributed by atoms with Crippen LogP contribution in [0.25, 0.3) is 0 Å². The molecule has 1 unspecified atom stereocenters. The van der Waals surface area contributed by atoms with Crippen LogP contribution in [0.2, 0.25) is 0 Å². The zero-order chi connectivity index (χ0) is 30.0. The molecule has 0 amide bonds. The van der Waals surface area contributed by atoms with Crippen molar-refractivity contribution >= 4 is 0 Å². The Labute approximate surface area is 259 Å². The van der Waals surface area contributed by atoms with Crippen LogP contribution in [0.5, 0.6) is 0 Å². The Bertz CT molecular complexity index is 1390. The van der Waals surface area contributed by atoms with Crippen molar-refractivity contribution in [3.05, 3.63) is 144 Å². The second-order valence-electron chi connectivity index (χ2n) is 11.2. The summed E-state index contributed by atoms with van der Waals surface area (Å²) >= 11 is 0. The van der Waals surface area contributed by atoms with Crippen LogP contribution in [0.1, 0.15) is 29.2 Å². The van der Waals surface area contributed by atoms with Gasteiger partial charge in [-0.2, -0.15) is 0 Å². The van der Waals surface area contributed by atoms with E-state index < -0.39 is 30.4 Å². The Balaban J connectivity index is 1.31. The maximum atomic E-state index is 6.74. The van der Waals surface area contributed by atoms with Crippen LogP contribution in [0.4, 0.5) is 0 Å². The average molecular weight is 597 g/mol. The quantitative estimate of drug-likeness (QED) is 0.176. The van der Waals surface area contributed by atoms with Crippen molar-refractivity contribution < 1.29 is 33.2 Å². The van der Waals surface area contributed by atoms with Gasteiger partial charge in [0.25, 0.3) is 0 Å². The average Bonchev–Trinajstić information content (AvgIpc) is 3.44. The fourth-order valence-corrected chi connectivity index (χ4v) is 5.59. The highest BCUT2D eigenvalue weighted by molar-refractivity contribution is 5.16. The normalized spacial score (nSPS) is 26.6. The minimum atomic E-state index is -1.48. The van der Waals surface area contributed by atoms with E-state index in [0.717, 1.165) is 22.3 Å². The lowest BCUT2D eigenvalue weighted by molar-refractivity contribution is -0.445. The SMILES string of the molecule is CC1CO[C@]2(O1)O[C@H](COCc1ccccc1)[C@@H](OCc1ccccc1)[C@H](OCc1ccccc1)[C@H]2OCc1ccccc1. The van der Waals surface area contributed by atoms with Gasteiger partial charge in [0.2, 0.25) is 0 Å². The van der Waals surface area contributed by atoms with E-state index in [4.69, 9.17) is 33.2 Å². The predicted molar refractivity (Wildman–Crippen MR) is 165 cm³/mol. The zero-order valence-electron chi connectivity index (χ0n) is 25.0. The summed E-state index contributed by atoms with van der Waals surface area (Å²) in [6.07, 6.45) is -2.66. The highest BCUT2D eigenvalue weighted by atomic mass is 16.9. The fraction of sp³-hybridized carbons (Fsp3) is 0.351. The Morgan fingerprint density at radius 1 is 0.568 bits per heavy atom. The summed E-state index contributed by atoms with van der Waals surface area (Å²) in [5.74, 6) is -1.48. The van der Waals surface area contributed by atoms with Crippen LogP contribution >= 0.6 is 0 Å². The summed E-state index contributed by atoms with van der Waals surface area (Å²) in [5, 5.41) is 0. The molecule has 0 aromatic heterocycles. The third-order valence-corrected chi connectivity index (χ3v) is 7.77. The van der Waals surface area contributed by atoms with Crippen LogP contribution in [-0.4, -0.2) is 49.7 Å². The van der Waals surface area contributed by atoms with Gasteiger partial charge in [0.1, 0.15) is 18.3 Å². The van der Waals surface area contributed by atoms with Gasteiger partial charge in [-0.25, -0.2) is 0 Å². The van der Waals surface area contributed by atoms with E-state index in [0.29, 0.717) is 33.0 Å². The topological polar surface area (TPSA) is 64.6 Å². The van der Waals surface area contributed by atoms with Gasteiger partial charge in [-0.1, -0.05) is 121 Å². The van der Waals surface area contributed by atoms with Crippen molar-refractivity contribution in [3.63, 3.8) is 0 Å². The molecule has 7 heteroatoms. The molecule has 0 saturated carbocycles. The molecule has 2 aliphatic heterocycles. The molecule has 44 heavy (non-hydrogen) atoms. The molecule has 0 bridgehead atoms. The Kier molecular flexibility index (Phi) is 10.5. The largest absolute Gasteiger partial charge is 0.374 e. The molecule has 6 atom stereocenters. The van der Waals surface area contributed by atoms with Crippen LogP contribution in [0.15, 0.2) is 121 Å². The molecule has 2 heterocycles. The highest BCUT2D eigenvalue weighted by Gasteiger charge is 2.62. The number of rotatable bonds is 13. The second-order valence-corrected chi connectivity index (χ2v) is 11.2. The van der Waals surface area contributed by atoms with E-state index in [-0.39, 0.29) is 12.7 Å². The monoisotopic (exact) mass is 596 g/mol. The van der Waals surface area contributed by atoms with Gasteiger partial charge in [0.15, 0.2) is 6.10 Å². The fourth-order valence-electron chi connectivity index (χ4n) is 5.59. The van der Waals surface area contributed by atoms with Gasteiger partial charge >= 0.3 is 5.97 Å². The van der Waals surface area contributed by atoms with Gasteiger partial charge in [-0.3, -0.25) is 0 Å². The number of hydrogen-bond donors (Lipinski definition) is 0. The molecule has 7 nitrogen and oxygen atoms in total. The first-order valence-corrected chi connectivity index (χ1v) is 15.3. The number of ether oxygens (including phenoxy) is 7. The molecule has 4 aromatic carbocycles. The van der Waals surface area contributed by atoms with E-state index >= 15 is 0 Å². The lowest BCUT2D eigenvalue weighted by atomic mass is 9.96. The van der Waals surface area contributed by atoms with Crippen molar-refractivity contribution in [2.45, 2.75) is 69.8 Å². The third-order valence-electron chi connectivity index (χ3n) is 7.77. The summed E-state index contributed by atoms with van der Waals surface area (Å²) in [5.41, 5.74) is 4.17. The van der Waals surface area contributed by atoms with E-state index in [1.807, 2.05) is 128 Å². The third kappa shape index (κ3) is 7.81. The van der Waals surface area contributed by atoms with Gasteiger partial charge < -0.3 is 33.2 Å². The van der Waals surface area contributed by atoms with Gasteiger partial charge in [-0.15, -0.1) is 0 Å². The maximum Gasteiger partial charge on any atom is 0.314 e. The summed E-state index contributed by atoms with van der Waals surface area (Å²) in [7, 11) is 0. The van der Waals surface area contributed by atoms with Crippen molar-refractivity contribution in [2.75, 3.05) is 13.2 Å². The maximum absolute atomic E-state index is 6.74. The smallest absolute Gasteiger partial charge is 0.314 e. The second kappa shape index (κ2) is 15.1. The van der Waals surface area contributed by atoms with Crippen LogP contribution < -0.4 is 0 Å². The summed E-state index contributed by atoms with van der Waals surface area (Å²) < 4.78 is 45.8. The zero-order valence-corrected chi connectivity index (χ0v) is 25.0. The van der Waals surface area contributed by atoms with E-state index in [1.54, 1.807) is 0 Å². The van der Waals surface area contributed by atoms with Crippen LogP contribution in [0.3, 0.4) is 0 Å². The molecule has 1 spiro atoms. The van der Waals surface area contributed by atoms with Crippen molar-refractivity contribution in [3.8, 4) is 0 Å². The Hall–Kier alpha value is -3.40. The van der Waals surface area contributed by atoms with E-state index in [2.05, 4.69) is 0 Å². The summed E-state index contributed by atoms with van der Waals surface area (Å²) in [6, 6.07) is 40.3. The number of benzene rings is 4. The lowest BCUT2D eigenvalue weighted by Gasteiger charge is -2.49. The Morgan fingerprint density at radius 3 is 1.50 bits per heavy atom. The molecule has 2 saturated heterocycles. The van der Waals surface area contributed by atoms with Crippen molar-refractivity contribution in [2.24, 2.45) is 0 Å². The molecule has 0 aliphatic carbocycles. The first kappa shape index (κ1) is 30.6. The molecular formula is C37H40O7. The molecule has 4 aromatic rings. The molecule has 0 N–H and O–H groups in total. The van der Waals surface area contributed by atoms with Gasteiger partial charge in [0.05, 0.1) is 45.7 Å². The summed E-state index contributed by atoms with van der Waals surface area (Å²) in [6.45, 7) is 4.05. The molecule has 230 valence electrons. The standard InChI is InChI=1S/C37H40O7/c1-28-22-42-37(43-28)36(41-26-32-20-12-5-13-21-32)35(40-25-31-18-10-4-11-19-31)34(39-24-30-16-8-3-9-17-30)33(44-37)27-38-23-29-14-6-2-7-15-29/h2-21,28,33-36H,22-27H2,1H3/t28?,33-,34-,35+,36-,37-/m1/s1. The molecular weight excluding hydrogens is 556 g/mol. The van der Waals surface area contributed by atoms with E-state index in [9.17, 15) is 0 Å². The lowest BCUT2D eigenvalue weighted by Crippen LogP contribution is -2.67. The first-order valence-electron chi connectivity index (χ1n) is 15.3. The van der Waals surface area contributed by atoms with E-state index in [1.165, 1.54) is 0 Å². The molecule has 2 aliphatic rings. The van der Waals surface area contributed by atoms with Gasteiger partial charge in [-0.05, 0) is 29.2 Å². The van der Waals surface area contributed by atoms with Crippen LogP contribution in [-0.2, 0) is 59.6 Å².